The van der Waals surface area contributed by atoms with Gasteiger partial charge in [-0.1, -0.05) is 0 Å². The van der Waals surface area contributed by atoms with Gasteiger partial charge in [0.25, 0.3) is 0 Å². The number of ether oxygens (including phenoxy) is 3. The highest BCUT2D eigenvalue weighted by atomic mass is 16.6. The summed E-state index contributed by atoms with van der Waals surface area (Å²) in [6, 6.07) is 10.4. The lowest BCUT2D eigenvalue weighted by Crippen LogP contribution is -2.16. The molecule has 0 saturated heterocycles. The molecule has 0 atom stereocenters. The van der Waals surface area contributed by atoms with Gasteiger partial charge in [0.1, 0.15) is 18.9 Å². The van der Waals surface area contributed by atoms with E-state index in [4.69, 9.17) is 14.2 Å². The number of Topliss-reactive ketones (excluding diaryl/α,β-unsaturated/α-hetero) is 1. The molecule has 9 nitrogen and oxygen atoms in total. The second-order valence-electron chi connectivity index (χ2n) is 7.19. The highest BCUT2D eigenvalue weighted by molar-refractivity contribution is 5.98. The van der Waals surface area contributed by atoms with Crippen LogP contribution in [0.3, 0.4) is 0 Å². The minimum atomic E-state index is -0.624. The van der Waals surface area contributed by atoms with E-state index in [1.54, 1.807) is 19.1 Å². The number of pyridine rings is 1. The number of aromatic nitrogens is 2. The Morgan fingerprint density at radius 3 is 2.61 bits per heavy atom. The minimum absolute atomic E-state index is 0.0374. The molecule has 0 bridgehead atoms. The maximum atomic E-state index is 12.8. The van der Waals surface area contributed by atoms with Gasteiger partial charge in [-0.2, -0.15) is 0 Å². The van der Waals surface area contributed by atoms with E-state index in [9.17, 15) is 14.9 Å². The van der Waals surface area contributed by atoms with Gasteiger partial charge in [-0.05, 0) is 54.1 Å². The number of nitrogens with zero attached hydrogens (tertiary/aromatic N) is 3. The van der Waals surface area contributed by atoms with Crippen LogP contribution in [0.25, 0.3) is 5.69 Å². The van der Waals surface area contributed by atoms with Crippen LogP contribution in [0.5, 0.6) is 17.2 Å². The number of nitro groups is 1. The Hall–Kier alpha value is -3.88. The average molecular weight is 423 g/mol. The maximum absolute atomic E-state index is 12.8. The summed E-state index contributed by atoms with van der Waals surface area (Å²) in [5.41, 5.74) is 3.42. The molecule has 3 aromatic rings. The molecule has 0 unspecified atom stereocenters. The van der Waals surface area contributed by atoms with E-state index in [2.05, 4.69) is 4.98 Å². The second-order valence-corrected chi connectivity index (χ2v) is 7.19. The third-order valence-electron chi connectivity index (χ3n) is 5.03. The van der Waals surface area contributed by atoms with Crippen LogP contribution >= 0.6 is 0 Å². The molecular formula is C22H21N3O6. The number of carbonyl (C=O) groups excluding carboxylic acids is 1. The topological polar surface area (TPSA) is 106 Å². The van der Waals surface area contributed by atoms with E-state index in [0.29, 0.717) is 36.0 Å². The molecule has 1 aromatic carbocycles. The van der Waals surface area contributed by atoms with Crippen molar-refractivity contribution in [1.82, 2.24) is 9.55 Å². The molecule has 9 heteroatoms. The zero-order valence-electron chi connectivity index (χ0n) is 17.4. The van der Waals surface area contributed by atoms with Crippen molar-refractivity contribution in [3.63, 3.8) is 0 Å². The molecule has 2 aromatic heterocycles. The molecule has 0 N–H and O–H groups in total. The van der Waals surface area contributed by atoms with Gasteiger partial charge in [-0.25, -0.2) is 0 Å². The molecule has 31 heavy (non-hydrogen) atoms. The van der Waals surface area contributed by atoms with Gasteiger partial charge in [-0.3, -0.25) is 4.79 Å². The Morgan fingerprint density at radius 2 is 1.87 bits per heavy atom. The minimum Gasteiger partial charge on any atom is -0.486 e. The first-order valence-electron chi connectivity index (χ1n) is 9.72. The van der Waals surface area contributed by atoms with Crippen LogP contribution in [0.15, 0.2) is 36.4 Å². The Balaban J connectivity index is 1.58. The highest BCUT2D eigenvalue weighted by Crippen LogP contribution is 2.33. The van der Waals surface area contributed by atoms with Crippen molar-refractivity contribution in [2.45, 2.75) is 20.8 Å². The number of aryl methyl sites for hydroxylation is 2. The lowest BCUT2D eigenvalue weighted by atomic mass is 10.1. The first kappa shape index (κ1) is 20.4. The largest absolute Gasteiger partial charge is 0.486 e. The molecule has 4 rings (SSSR count). The Morgan fingerprint density at radius 1 is 1.13 bits per heavy atom. The lowest BCUT2D eigenvalue weighted by Gasteiger charge is -2.20. The normalized spacial score (nSPS) is 12.5. The summed E-state index contributed by atoms with van der Waals surface area (Å²) in [6.07, 6.45) is 0. The van der Waals surface area contributed by atoms with Crippen LogP contribution in [-0.2, 0) is 0 Å². The SMILES string of the molecule is Cc1ccc(OCC(=O)c2cc(C)n(-c3ccc4c(c3)OCCO4)c2C)c([N+](=O)[O-])n1. The van der Waals surface area contributed by atoms with E-state index in [-0.39, 0.29) is 18.1 Å². The van der Waals surface area contributed by atoms with E-state index < -0.39 is 10.7 Å². The van der Waals surface area contributed by atoms with Crippen LogP contribution in [-0.4, -0.2) is 40.1 Å². The summed E-state index contributed by atoms with van der Waals surface area (Å²) in [7, 11) is 0. The van der Waals surface area contributed by atoms with Gasteiger partial charge in [0.15, 0.2) is 18.1 Å². The molecule has 0 aliphatic carbocycles. The van der Waals surface area contributed by atoms with E-state index >= 15 is 0 Å². The fraction of sp³-hybridized carbons (Fsp3) is 0.273. The van der Waals surface area contributed by atoms with Gasteiger partial charge in [0, 0.05) is 35.6 Å². The molecule has 0 saturated carbocycles. The average Bonchev–Trinajstić information content (AvgIpc) is 3.06. The van der Waals surface area contributed by atoms with Crippen LogP contribution < -0.4 is 14.2 Å². The monoisotopic (exact) mass is 423 g/mol. The standard InChI is InChI=1S/C22H21N3O6/c1-13-4-6-20(22(23-13)25(27)28)31-12-18(26)17-10-14(2)24(15(17)3)16-5-7-19-21(11-16)30-9-8-29-19/h4-7,10-11H,8-9,12H2,1-3H3. The predicted octanol–water partition coefficient (Wildman–Crippen LogP) is 3.74. The fourth-order valence-corrected chi connectivity index (χ4v) is 3.61. The van der Waals surface area contributed by atoms with Crippen molar-refractivity contribution in [3.05, 3.63) is 69.2 Å². The molecule has 1 aliphatic rings. The van der Waals surface area contributed by atoms with Crippen LogP contribution in [0.1, 0.15) is 27.4 Å². The summed E-state index contributed by atoms with van der Waals surface area (Å²) in [4.78, 5) is 27.3. The van der Waals surface area contributed by atoms with Crippen LogP contribution in [0.2, 0.25) is 0 Å². The first-order chi connectivity index (χ1) is 14.8. The van der Waals surface area contributed by atoms with Crippen LogP contribution in [0.4, 0.5) is 5.82 Å². The predicted molar refractivity (Wildman–Crippen MR) is 112 cm³/mol. The van der Waals surface area contributed by atoms with Crippen molar-refractivity contribution < 1.29 is 23.9 Å². The van der Waals surface area contributed by atoms with Gasteiger partial charge in [0.05, 0.1) is 0 Å². The number of hydrogen-bond donors (Lipinski definition) is 0. The highest BCUT2D eigenvalue weighted by Gasteiger charge is 2.22. The number of hydrogen-bond acceptors (Lipinski definition) is 7. The number of fused-ring (bicyclic) bond motifs is 1. The van der Waals surface area contributed by atoms with Gasteiger partial charge < -0.3 is 28.9 Å². The Bertz CT molecular complexity index is 1180. The number of rotatable bonds is 6. The van der Waals surface area contributed by atoms with Crippen molar-refractivity contribution in [1.29, 1.82) is 0 Å². The summed E-state index contributed by atoms with van der Waals surface area (Å²) in [5.74, 6) is 0.619. The van der Waals surface area contributed by atoms with Crippen molar-refractivity contribution in [2.75, 3.05) is 19.8 Å². The third-order valence-corrected chi connectivity index (χ3v) is 5.03. The van der Waals surface area contributed by atoms with Gasteiger partial charge in [-0.15, -0.1) is 0 Å². The smallest absolute Gasteiger partial charge is 0.406 e. The maximum Gasteiger partial charge on any atom is 0.406 e. The first-order valence-corrected chi connectivity index (χ1v) is 9.72. The molecule has 3 heterocycles. The Labute approximate surface area is 178 Å². The van der Waals surface area contributed by atoms with Crippen molar-refractivity contribution in [2.24, 2.45) is 0 Å². The van der Waals surface area contributed by atoms with Gasteiger partial charge in [0.2, 0.25) is 11.5 Å². The summed E-state index contributed by atoms with van der Waals surface area (Å²) < 4.78 is 18.6. The Kier molecular flexibility index (Phi) is 5.33. The molecule has 0 spiro atoms. The zero-order valence-corrected chi connectivity index (χ0v) is 17.4. The number of benzene rings is 1. The van der Waals surface area contributed by atoms with Crippen LogP contribution in [0, 0.1) is 30.9 Å². The summed E-state index contributed by atoms with van der Waals surface area (Å²) in [5, 5.41) is 11.2. The molecular weight excluding hydrogens is 402 g/mol. The number of carbonyl (C=O) groups is 1. The second kappa shape index (κ2) is 8.10. The van der Waals surface area contributed by atoms with E-state index in [0.717, 1.165) is 17.1 Å². The molecule has 160 valence electrons. The molecule has 1 aliphatic heterocycles. The van der Waals surface area contributed by atoms with E-state index in [1.807, 2.05) is 36.6 Å². The third kappa shape index (κ3) is 3.94. The molecule has 0 amide bonds. The lowest BCUT2D eigenvalue weighted by molar-refractivity contribution is -0.390. The van der Waals surface area contributed by atoms with Crippen molar-refractivity contribution >= 4 is 11.6 Å². The molecule has 0 radical (unpaired) electrons. The number of ketones is 1. The zero-order chi connectivity index (χ0) is 22.1. The fourth-order valence-electron chi connectivity index (χ4n) is 3.61. The quantitative estimate of drug-likeness (QED) is 0.338. The van der Waals surface area contributed by atoms with Crippen molar-refractivity contribution in [3.8, 4) is 22.9 Å². The van der Waals surface area contributed by atoms with Gasteiger partial charge >= 0.3 is 5.82 Å². The summed E-state index contributed by atoms with van der Waals surface area (Å²) in [6.45, 7) is 6.05. The molecule has 0 fully saturated rings. The van der Waals surface area contributed by atoms with E-state index in [1.165, 1.54) is 6.07 Å². The summed E-state index contributed by atoms with van der Waals surface area (Å²) >= 11 is 0.